The summed E-state index contributed by atoms with van der Waals surface area (Å²) in [5.74, 6) is -0.0284. The second-order valence-electron chi connectivity index (χ2n) is 6.78. The van der Waals surface area contributed by atoms with Crippen molar-refractivity contribution in [3.63, 3.8) is 0 Å². The SMILES string of the molecule is O=C(COc1ccc(F)cc1)NCc1ccccc1C[NH+]1CCCCC1. The highest BCUT2D eigenvalue weighted by molar-refractivity contribution is 5.77. The minimum absolute atomic E-state index is 0.0782. The molecule has 0 bridgehead atoms. The van der Waals surface area contributed by atoms with Gasteiger partial charge in [0.05, 0.1) is 13.1 Å². The van der Waals surface area contributed by atoms with Gasteiger partial charge in [0.2, 0.25) is 0 Å². The second kappa shape index (κ2) is 9.34. The van der Waals surface area contributed by atoms with Crippen LogP contribution in [0.4, 0.5) is 4.39 Å². The Labute approximate surface area is 154 Å². The maximum Gasteiger partial charge on any atom is 0.258 e. The van der Waals surface area contributed by atoms with Gasteiger partial charge in [0.15, 0.2) is 6.61 Å². The topological polar surface area (TPSA) is 42.8 Å². The van der Waals surface area contributed by atoms with E-state index in [1.165, 1.54) is 62.2 Å². The number of carbonyl (C=O) groups is 1. The highest BCUT2D eigenvalue weighted by atomic mass is 19.1. The minimum Gasteiger partial charge on any atom is -0.484 e. The van der Waals surface area contributed by atoms with Crippen LogP contribution in [0.25, 0.3) is 0 Å². The summed E-state index contributed by atoms with van der Waals surface area (Å²) >= 11 is 0. The number of ether oxygens (including phenoxy) is 1. The first kappa shape index (κ1) is 18.4. The van der Waals surface area contributed by atoms with Crippen molar-refractivity contribution in [3.8, 4) is 5.75 Å². The quantitative estimate of drug-likeness (QED) is 0.797. The van der Waals surface area contributed by atoms with Crippen LogP contribution in [-0.2, 0) is 17.9 Å². The van der Waals surface area contributed by atoms with Crippen LogP contribution >= 0.6 is 0 Å². The molecule has 2 N–H and O–H groups in total. The Morgan fingerprint density at radius 3 is 2.42 bits per heavy atom. The second-order valence-corrected chi connectivity index (χ2v) is 6.78. The van der Waals surface area contributed by atoms with Crippen LogP contribution in [0.15, 0.2) is 48.5 Å². The Hall–Kier alpha value is -2.40. The van der Waals surface area contributed by atoms with Crippen LogP contribution in [0, 0.1) is 5.82 Å². The third-order valence-corrected chi connectivity index (χ3v) is 4.78. The Bertz CT molecular complexity index is 712. The lowest BCUT2D eigenvalue weighted by Gasteiger charge is -2.24. The van der Waals surface area contributed by atoms with Gasteiger partial charge in [0, 0.05) is 12.1 Å². The Balaban J connectivity index is 1.49. The number of hydrogen-bond donors (Lipinski definition) is 2. The van der Waals surface area contributed by atoms with E-state index in [0.29, 0.717) is 12.3 Å². The summed E-state index contributed by atoms with van der Waals surface area (Å²) in [5, 5.41) is 2.91. The number of carbonyl (C=O) groups excluding carboxylic acids is 1. The monoisotopic (exact) mass is 357 g/mol. The van der Waals surface area contributed by atoms with Gasteiger partial charge in [-0.25, -0.2) is 4.39 Å². The lowest BCUT2D eigenvalue weighted by Crippen LogP contribution is -3.11. The molecule has 3 rings (SSSR count). The van der Waals surface area contributed by atoms with Crippen LogP contribution in [0.5, 0.6) is 5.75 Å². The summed E-state index contributed by atoms with van der Waals surface area (Å²) in [6, 6.07) is 13.9. The van der Waals surface area contributed by atoms with Gasteiger partial charge in [-0.1, -0.05) is 24.3 Å². The molecule has 0 spiro atoms. The van der Waals surface area contributed by atoms with Gasteiger partial charge in [-0.2, -0.15) is 0 Å². The summed E-state index contributed by atoms with van der Waals surface area (Å²) in [5.41, 5.74) is 2.45. The number of rotatable bonds is 7. The molecule has 26 heavy (non-hydrogen) atoms. The molecule has 1 saturated heterocycles. The maximum absolute atomic E-state index is 12.9. The normalized spacial score (nSPS) is 14.8. The predicted molar refractivity (Wildman–Crippen MR) is 98.4 cm³/mol. The van der Waals surface area contributed by atoms with E-state index in [1.54, 1.807) is 4.90 Å². The Morgan fingerprint density at radius 1 is 1.00 bits per heavy atom. The fraction of sp³-hybridized carbons (Fsp3) is 0.381. The van der Waals surface area contributed by atoms with E-state index in [1.807, 2.05) is 6.07 Å². The van der Waals surface area contributed by atoms with E-state index in [0.717, 1.165) is 12.1 Å². The number of piperidine rings is 1. The molecule has 0 unspecified atom stereocenters. The molecule has 138 valence electrons. The van der Waals surface area contributed by atoms with Crippen molar-refractivity contribution in [3.05, 3.63) is 65.5 Å². The first-order valence-corrected chi connectivity index (χ1v) is 9.26. The molecular formula is C21H26FN2O2+. The van der Waals surface area contributed by atoms with Crippen molar-refractivity contribution in [2.45, 2.75) is 32.4 Å². The van der Waals surface area contributed by atoms with Gasteiger partial charge in [-0.15, -0.1) is 0 Å². The molecule has 0 aromatic heterocycles. The molecule has 2 aromatic carbocycles. The van der Waals surface area contributed by atoms with Crippen molar-refractivity contribution in [1.82, 2.24) is 5.32 Å². The maximum atomic E-state index is 12.9. The smallest absolute Gasteiger partial charge is 0.258 e. The number of halogens is 1. The number of hydrogen-bond acceptors (Lipinski definition) is 2. The molecule has 2 aromatic rings. The first-order valence-electron chi connectivity index (χ1n) is 9.26. The molecule has 0 saturated carbocycles. The minimum atomic E-state index is -0.325. The molecule has 1 fully saturated rings. The highest BCUT2D eigenvalue weighted by Gasteiger charge is 2.15. The van der Waals surface area contributed by atoms with Gasteiger partial charge >= 0.3 is 0 Å². The average Bonchev–Trinajstić information content (AvgIpc) is 2.68. The van der Waals surface area contributed by atoms with Crippen molar-refractivity contribution in [2.75, 3.05) is 19.7 Å². The van der Waals surface area contributed by atoms with Crippen LogP contribution in [-0.4, -0.2) is 25.6 Å². The number of amides is 1. The number of likely N-dealkylation sites (tertiary alicyclic amines) is 1. The van der Waals surface area contributed by atoms with Crippen LogP contribution in [0.1, 0.15) is 30.4 Å². The molecule has 1 heterocycles. The zero-order chi connectivity index (χ0) is 18.2. The van der Waals surface area contributed by atoms with Crippen molar-refractivity contribution in [1.29, 1.82) is 0 Å². The van der Waals surface area contributed by atoms with Crippen molar-refractivity contribution in [2.24, 2.45) is 0 Å². The van der Waals surface area contributed by atoms with E-state index < -0.39 is 0 Å². The van der Waals surface area contributed by atoms with Crippen molar-refractivity contribution >= 4 is 5.91 Å². The standard InChI is InChI=1S/C21H25FN2O2/c22-19-8-10-20(11-9-19)26-16-21(25)23-14-17-6-2-3-7-18(17)15-24-12-4-1-5-13-24/h2-3,6-11H,1,4-5,12-16H2,(H,23,25)/p+1. The fourth-order valence-corrected chi connectivity index (χ4v) is 3.32. The molecule has 0 radical (unpaired) electrons. The zero-order valence-corrected chi connectivity index (χ0v) is 15.0. The molecule has 1 aliphatic rings. The number of nitrogens with one attached hydrogen (secondary N) is 2. The third-order valence-electron chi connectivity index (χ3n) is 4.78. The van der Waals surface area contributed by atoms with Gasteiger partial charge in [0.25, 0.3) is 5.91 Å². The van der Waals surface area contributed by atoms with E-state index in [2.05, 4.69) is 23.5 Å². The van der Waals surface area contributed by atoms with Crippen LogP contribution in [0.2, 0.25) is 0 Å². The number of benzene rings is 2. The summed E-state index contributed by atoms with van der Waals surface area (Å²) in [6.45, 7) is 3.89. The van der Waals surface area contributed by atoms with Crippen molar-refractivity contribution < 1.29 is 18.8 Å². The molecular weight excluding hydrogens is 331 g/mol. The predicted octanol–water partition coefficient (Wildman–Crippen LogP) is 2.09. The summed E-state index contributed by atoms with van der Waals surface area (Å²) in [6.07, 6.45) is 3.94. The Kier molecular flexibility index (Phi) is 6.61. The van der Waals surface area contributed by atoms with Gasteiger partial charge in [0.1, 0.15) is 18.1 Å². The van der Waals surface area contributed by atoms with Gasteiger partial charge < -0.3 is 15.0 Å². The van der Waals surface area contributed by atoms with E-state index in [4.69, 9.17) is 4.74 Å². The van der Waals surface area contributed by atoms with Crippen LogP contribution in [0.3, 0.4) is 0 Å². The molecule has 1 aliphatic heterocycles. The van der Waals surface area contributed by atoms with E-state index >= 15 is 0 Å². The lowest BCUT2D eigenvalue weighted by molar-refractivity contribution is -0.918. The summed E-state index contributed by atoms with van der Waals surface area (Å²) < 4.78 is 18.2. The summed E-state index contributed by atoms with van der Waals surface area (Å²) in [7, 11) is 0. The highest BCUT2D eigenvalue weighted by Crippen LogP contribution is 2.11. The number of quaternary nitrogens is 1. The molecule has 4 nitrogen and oxygen atoms in total. The van der Waals surface area contributed by atoms with E-state index in [9.17, 15) is 9.18 Å². The Morgan fingerprint density at radius 2 is 1.69 bits per heavy atom. The molecule has 0 atom stereocenters. The van der Waals surface area contributed by atoms with Crippen LogP contribution < -0.4 is 15.0 Å². The average molecular weight is 357 g/mol. The largest absolute Gasteiger partial charge is 0.484 e. The van der Waals surface area contributed by atoms with Gasteiger partial charge in [-0.3, -0.25) is 4.79 Å². The third kappa shape index (κ3) is 5.56. The summed E-state index contributed by atoms with van der Waals surface area (Å²) in [4.78, 5) is 13.7. The molecule has 1 amide bonds. The fourth-order valence-electron chi connectivity index (χ4n) is 3.32. The van der Waals surface area contributed by atoms with E-state index in [-0.39, 0.29) is 18.3 Å². The molecule has 5 heteroatoms. The lowest BCUT2D eigenvalue weighted by atomic mass is 10.0. The molecule has 0 aliphatic carbocycles. The zero-order valence-electron chi connectivity index (χ0n) is 15.0. The van der Waals surface area contributed by atoms with Gasteiger partial charge in [-0.05, 0) is 49.1 Å². The first-order chi connectivity index (χ1) is 12.7.